The van der Waals surface area contributed by atoms with E-state index in [1.165, 1.54) is 52.3 Å². The van der Waals surface area contributed by atoms with Gasteiger partial charge in [-0.15, -0.1) is 0 Å². The Hall–Kier alpha value is -6.88. The Kier molecular flexibility index (Phi) is 26.4. The molecule has 480 valence electrons. The van der Waals surface area contributed by atoms with Crippen LogP contribution in [0.5, 0.6) is 5.75 Å². The number of hydrogen-bond acceptors (Lipinski definition) is 15. The lowest BCUT2D eigenvalue weighted by Gasteiger charge is -2.41. The number of nitrogens with two attached hydrogens (primary N) is 1. The van der Waals surface area contributed by atoms with Crippen LogP contribution in [0.3, 0.4) is 0 Å². The van der Waals surface area contributed by atoms with Gasteiger partial charge in [0, 0.05) is 58.8 Å². The summed E-state index contributed by atoms with van der Waals surface area (Å²) in [6.07, 6.45) is 6.26. The predicted octanol–water partition coefficient (Wildman–Crippen LogP) is 7.44. The van der Waals surface area contributed by atoms with Crippen molar-refractivity contribution < 1.29 is 71.9 Å². The molecule has 3 aliphatic rings. The molecule has 0 spiro atoms. The molecule has 4 bridgehead atoms. The number of Topliss-reactive ketones (excluding diaryl/α,β-unsaturated/α-hetero) is 1. The maximum Gasteiger partial charge on any atom is 0.328 e. The minimum Gasteiger partial charge on any atom is -0.495 e. The molecule has 7 N–H and O–H groups in total. The van der Waals surface area contributed by atoms with Gasteiger partial charge in [-0.2, -0.15) is 0 Å². The van der Waals surface area contributed by atoms with Crippen LogP contribution in [0.4, 0.5) is 16.2 Å². The lowest BCUT2D eigenvalue weighted by molar-refractivity contribution is -0.187. The molecule has 22 nitrogen and oxygen atoms in total. The first-order valence-electron chi connectivity index (χ1n) is 30.3. The Morgan fingerprint density at radius 3 is 2.28 bits per heavy atom. The molecule has 3 aliphatic heterocycles. The quantitative estimate of drug-likeness (QED) is 0.0303. The number of epoxide rings is 1. The minimum absolute atomic E-state index is 0.00179. The van der Waals surface area contributed by atoms with Crippen LogP contribution in [0.2, 0.25) is 5.02 Å². The summed E-state index contributed by atoms with van der Waals surface area (Å²) in [5, 5.41) is 23.0. The van der Waals surface area contributed by atoms with E-state index in [4.69, 9.17) is 41.0 Å². The van der Waals surface area contributed by atoms with Crippen LogP contribution in [0.1, 0.15) is 155 Å². The summed E-state index contributed by atoms with van der Waals surface area (Å²) in [6.45, 7) is 14.4. The molecular formula is C64H92ClN7O15. The van der Waals surface area contributed by atoms with Gasteiger partial charge in [0.25, 0.3) is 5.91 Å². The maximum absolute atomic E-state index is 14.6. The lowest BCUT2D eigenvalue weighted by atomic mass is 9.78. The molecule has 2 saturated heterocycles. The van der Waals surface area contributed by atoms with Gasteiger partial charge in [0.05, 0.1) is 43.0 Å². The van der Waals surface area contributed by atoms with Gasteiger partial charge in [-0.05, 0) is 101 Å². The van der Waals surface area contributed by atoms with Crippen molar-refractivity contribution in [2.24, 2.45) is 23.5 Å². The summed E-state index contributed by atoms with van der Waals surface area (Å²) in [5.74, 6) is -4.90. The molecule has 2 aromatic carbocycles. The van der Waals surface area contributed by atoms with Crippen molar-refractivity contribution in [3.05, 3.63) is 76.3 Å². The number of amides is 7. The number of para-hydroxylation sites is 1. The number of halogens is 1. The zero-order chi connectivity index (χ0) is 64.5. The Morgan fingerprint density at radius 2 is 1.63 bits per heavy atom. The van der Waals surface area contributed by atoms with Crippen molar-refractivity contribution >= 4 is 76.3 Å². The van der Waals surface area contributed by atoms with Crippen LogP contribution in [-0.4, -0.2) is 152 Å². The molecule has 23 heteroatoms. The van der Waals surface area contributed by atoms with E-state index in [9.17, 15) is 48.3 Å². The number of benzene rings is 2. The molecule has 0 aromatic heterocycles. The second-order valence-electron chi connectivity index (χ2n) is 23.8. The first-order chi connectivity index (χ1) is 41.1. The van der Waals surface area contributed by atoms with E-state index in [2.05, 4.69) is 21.3 Å². The van der Waals surface area contributed by atoms with E-state index >= 15 is 0 Å². The van der Waals surface area contributed by atoms with E-state index in [0.29, 0.717) is 30.7 Å². The molecule has 2 aromatic rings. The highest BCUT2D eigenvalue weighted by Crippen LogP contribution is 2.50. The molecule has 3 heterocycles. The SMILES string of the molecule is CCC(CC)C(=O)CCCCCCC(=O)N[C@H](C(=O)N[C@@H](CCCNC(N)=O)C(=O)Nc1ccccc1C(=O)N(C)[C@@H](C)C(=O)O[C@H]1CC(=O)N(C)c2cc(cc(OC)c2Cl)C/C(C)=C/C=C/[C@@H](OC)[C@]2(O)CC(=O)O[C@@H](C2)[C@@H](C)[C@@H]2O[C@@]12C)C(C)C. The number of urea groups is 1. The molecule has 10 atom stereocenters. The summed E-state index contributed by atoms with van der Waals surface area (Å²) in [5.41, 5.74) is 4.18. The Balaban J connectivity index is 1.36. The molecule has 0 unspecified atom stereocenters. The van der Waals surface area contributed by atoms with Crippen LogP contribution < -0.4 is 36.6 Å². The fourth-order valence-corrected chi connectivity index (χ4v) is 11.6. The average molecular weight is 1230 g/mol. The van der Waals surface area contributed by atoms with Gasteiger partial charge < -0.3 is 65.6 Å². The number of nitrogens with zero attached hydrogens (tertiary/aromatic N) is 2. The number of ether oxygens (including phenoxy) is 5. The van der Waals surface area contributed by atoms with Crippen LogP contribution >= 0.6 is 11.6 Å². The molecule has 5 rings (SSSR count). The number of carbonyl (C=O) groups excluding carboxylic acids is 9. The number of likely N-dealkylation sites (N-methyl/N-ethyl adjacent to an activating group) is 1. The standard InChI is InChI=1S/C64H92ClN7O15/c1-13-42(14-2)47(73)27-17-15-16-18-29-52(74)70-56(37(3)4)59(78)69-45(26-22-30-67-62(66)81)58(77)68-44-25-20-19-24-43(44)60(79)71(9)40(7)61(80)86-51-34-53(75)72(10)46-32-41(33-48(83-11)55(46)65)31-38(5)23-21-28-50(84-12)64(82)35-49(85-54(76)36-64)39(6)57-63(51,8)87-57/h19-21,23-25,28,32-33,37,39-40,42,45,49-51,56-57,82H,13-18,22,26-27,29-31,34-36H2,1-12H3,(H,68,77)(H,69,78)(H,70,74)(H3,66,67,81)/b28-21+,38-23+/t39-,40+,45+,49+,50-,51+,56+,57+,63+,64-/m1/s1. The van der Waals surface area contributed by atoms with Gasteiger partial charge in [-0.1, -0.05) is 95.0 Å². The largest absolute Gasteiger partial charge is 0.495 e. The Morgan fingerprint density at radius 1 is 0.954 bits per heavy atom. The van der Waals surface area contributed by atoms with Gasteiger partial charge in [-0.3, -0.25) is 33.6 Å². The fraction of sp³-hybridized carbons (Fsp3) is 0.609. The zero-order valence-corrected chi connectivity index (χ0v) is 53.3. The van der Waals surface area contributed by atoms with Crippen molar-refractivity contribution in [3.8, 4) is 5.75 Å². The number of unbranched alkanes of at least 4 members (excludes halogenated alkanes) is 3. The second-order valence-corrected chi connectivity index (χ2v) is 24.2. The van der Waals surface area contributed by atoms with E-state index in [1.54, 1.807) is 64.1 Å². The number of carbonyl (C=O) groups is 9. The van der Waals surface area contributed by atoms with E-state index in [-0.39, 0.29) is 72.5 Å². The predicted molar refractivity (Wildman–Crippen MR) is 329 cm³/mol. The summed E-state index contributed by atoms with van der Waals surface area (Å²) < 4.78 is 29.9. The monoisotopic (exact) mass is 1230 g/mol. The summed E-state index contributed by atoms with van der Waals surface area (Å²) in [6, 6.07) is 5.19. The normalized spacial score (nSPS) is 24.2. The third-order valence-electron chi connectivity index (χ3n) is 17.0. The smallest absolute Gasteiger partial charge is 0.328 e. The number of hydrogen-bond donors (Lipinski definition) is 6. The Labute approximate surface area is 516 Å². The summed E-state index contributed by atoms with van der Waals surface area (Å²) in [7, 11) is 5.79. The van der Waals surface area contributed by atoms with Crippen LogP contribution in [0.15, 0.2) is 60.2 Å². The summed E-state index contributed by atoms with van der Waals surface area (Å²) in [4.78, 5) is 125. The first-order valence-corrected chi connectivity index (χ1v) is 30.6. The number of primary amides is 1. The number of nitrogens with one attached hydrogen (secondary N) is 4. The molecule has 0 radical (unpaired) electrons. The maximum atomic E-state index is 14.6. The van der Waals surface area contributed by atoms with E-state index in [0.717, 1.165) is 48.1 Å². The van der Waals surface area contributed by atoms with Crippen molar-refractivity contribution in [1.82, 2.24) is 20.9 Å². The van der Waals surface area contributed by atoms with Gasteiger partial charge in [0.1, 0.15) is 64.2 Å². The van der Waals surface area contributed by atoms with Crippen LogP contribution in [-0.2, 0) is 58.9 Å². The highest BCUT2D eigenvalue weighted by molar-refractivity contribution is 6.35. The van der Waals surface area contributed by atoms with Crippen molar-refractivity contribution in [2.45, 2.75) is 199 Å². The molecule has 87 heavy (non-hydrogen) atoms. The summed E-state index contributed by atoms with van der Waals surface area (Å²) >= 11 is 6.88. The zero-order valence-electron chi connectivity index (χ0n) is 52.6. The number of rotatable bonds is 26. The number of aliphatic hydroxyl groups is 1. The number of anilines is 2. The van der Waals surface area contributed by atoms with Gasteiger partial charge in [0.2, 0.25) is 23.6 Å². The molecule has 7 amide bonds. The first kappa shape index (κ1) is 70.9. The topological polar surface area (TPSA) is 304 Å². The molecular weight excluding hydrogens is 1140 g/mol. The van der Waals surface area contributed by atoms with Crippen LogP contribution in [0, 0.1) is 17.8 Å². The van der Waals surface area contributed by atoms with Crippen molar-refractivity contribution in [3.63, 3.8) is 0 Å². The van der Waals surface area contributed by atoms with E-state index in [1.807, 2.05) is 26.8 Å². The Bertz CT molecular complexity index is 2860. The number of esters is 2. The van der Waals surface area contributed by atoms with Gasteiger partial charge in [0.15, 0.2) is 0 Å². The molecule has 0 aliphatic carbocycles. The number of ketones is 1. The van der Waals surface area contributed by atoms with E-state index < -0.39 is 114 Å². The number of fused-ring (bicyclic) bond motifs is 5. The van der Waals surface area contributed by atoms with Crippen molar-refractivity contribution in [1.29, 1.82) is 0 Å². The van der Waals surface area contributed by atoms with Crippen molar-refractivity contribution in [2.75, 3.05) is 45.1 Å². The number of allylic oxidation sites excluding steroid dienone is 3. The van der Waals surface area contributed by atoms with Crippen LogP contribution in [0.25, 0.3) is 0 Å². The highest BCUT2D eigenvalue weighted by Gasteiger charge is 2.64. The third-order valence-corrected chi connectivity index (χ3v) is 17.4. The second kappa shape index (κ2) is 32.4. The average Bonchev–Trinajstić information content (AvgIpc) is 1.61. The lowest BCUT2D eigenvalue weighted by Crippen LogP contribution is -2.54. The van der Waals surface area contributed by atoms with Gasteiger partial charge >= 0.3 is 18.0 Å². The highest BCUT2D eigenvalue weighted by atomic mass is 35.5. The number of methoxy groups -OCH3 is 2. The fourth-order valence-electron chi connectivity index (χ4n) is 11.3. The molecule has 2 fully saturated rings. The minimum atomic E-state index is -1.68. The molecule has 0 saturated carbocycles. The third kappa shape index (κ3) is 19.1. The van der Waals surface area contributed by atoms with Gasteiger partial charge in [-0.25, -0.2) is 9.59 Å².